The van der Waals surface area contributed by atoms with E-state index in [1.54, 1.807) is 0 Å². The molecule has 0 aliphatic carbocycles. The van der Waals surface area contributed by atoms with Gasteiger partial charge in [-0.25, -0.2) is 0 Å². The normalized spacial score (nSPS) is 9.75. The van der Waals surface area contributed by atoms with Crippen molar-refractivity contribution >= 4 is 27.1 Å². The Kier molecular flexibility index (Phi) is 2.09. The van der Waals surface area contributed by atoms with Crippen molar-refractivity contribution in [2.24, 2.45) is 0 Å². The first-order valence-corrected chi connectivity index (χ1v) is 3.88. The molecule has 0 radical (unpaired) electrons. The van der Waals surface area contributed by atoms with Gasteiger partial charge in [0.05, 0.1) is 10.5 Å². The Bertz CT molecular complexity index is 345. The Morgan fingerprint density at radius 3 is 2.58 bits per heavy atom. The molecule has 1 rings (SSSR count). The standard InChI is InChI=1S/C6H6N2O3S/c1-3(9)4-2-5(8(10)11)12-6(4)7/h2H,7H2,1H3. The minimum Gasteiger partial charge on any atom is -0.390 e. The molecule has 1 aromatic rings. The van der Waals surface area contributed by atoms with E-state index in [4.69, 9.17) is 5.73 Å². The van der Waals surface area contributed by atoms with Crippen molar-refractivity contribution in [2.75, 3.05) is 5.73 Å². The van der Waals surface area contributed by atoms with E-state index in [-0.39, 0.29) is 21.3 Å². The first-order valence-electron chi connectivity index (χ1n) is 3.07. The van der Waals surface area contributed by atoms with E-state index < -0.39 is 4.92 Å². The summed E-state index contributed by atoms with van der Waals surface area (Å²) in [6.07, 6.45) is 0. The lowest BCUT2D eigenvalue weighted by molar-refractivity contribution is -0.380. The van der Waals surface area contributed by atoms with Gasteiger partial charge in [-0.2, -0.15) is 0 Å². The van der Waals surface area contributed by atoms with Crippen molar-refractivity contribution in [3.05, 3.63) is 21.7 Å². The Morgan fingerprint density at radius 1 is 1.75 bits per heavy atom. The van der Waals surface area contributed by atoms with Gasteiger partial charge in [-0.1, -0.05) is 0 Å². The summed E-state index contributed by atoms with van der Waals surface area (Å²) in [6, 6.07) is 1.20. The molecular weight excluding hydrogens is 180 g/mol. The number of thiophene rings is 1. The highest BCUT2D eigenvalue weighted by Crippen LogP contribution is 2.30. The van der Waals surface area contributed by atoms with Crippen LogP contribution in [0.25, 0.3) is 0 Å². The van der Waals surface area contributed by atoms with E-state index in [2.05, 4.69) is 0 Å². The largest absolute Gasteiger partial charge is 0.390 e. The lowest BCUT2D eigenvalue weighted by atomic mass is 10.2. The summed E-state index contributed by atoms with van der Waals surface area (Å²) in [6.45, 7) is 1.32. The van der Waals surface area contributed by atoms with Gasteiger partial charge in [0.1, 0.15) is 5.00 Å². The number of nitrogens with two attached hydrogens (primary N) is 1. The summed E-state index contributed by atoms with van der Waals surface area (Å²) in [5.41, 5.74) is 5.60. The van der Waals surface area contributed by atoms with E-state index in [0.717, 1.165) is 11.3 Å². The number of nitrogen functional groups attached to an aromatic ring is 1. The van der Waals surface area contributed by atoms with Crippen molar-refractivity contribution in [1.29, 1.82) is 0 Å². The van der Waals surface area contributed by atoms with E-state index in [1.807, 2.05) is 0 Å². The number of carbonyl (C=O) groups is 1. The monoisotopic (exact) mass is 186 g/mol. The lowest BCUT2D eigenvalue weighted by Gasteiger charge is -1.86. The van der Waals surface area contributed by atoms with Gasteiger partial charge in [-0.15, -0.1) is 0 Å². The lowest BCUT2D eigenvalue weighted by Crippen LogP contribution is -1.93. The molecule has 1 aromatic heterocycles. The van der Waals surface area contributed by atoms with E-state index in [9.17, 15) is 14.9 Å². The van der Waals surface area contributed by atoms with Crippen LogP contribution in [0.1, 0.15) is 17.3 Å². The van der Waals surface area contributed by atoms with Crippen LogP contribution in [-0.4, -0.2) is 10.7 Å². The number of anilines is 1. The fourth-order valence-electron chi connectivity index (χ4n) is 0.757. The maximum Gasteiger partial charge on any atom is 0.326 e. The second-order valence-electron chi connectivity index (χ2n) is 2.18. The van der Waals surface area contributed by atoms with Crippen molar-refractivity contribution < 1.29 is 9.72 Å². The average molecular weight is 186 g/mol. The number of rotatable bonds is 2. The molecular formula is C6H6N2O3S. The number of nitrogens with zero attached hydrogens (tertiary/aromatic N) is 1. The summed E-state index contributed by atoms with van der Waals surface area (Å²) in [5.74, 6) is -0.253. The Hall–Kier alpha value is -1.43. The molecule has 0 bridgehead atoms. The summed E-state index contributed by atoms with van der Waals surface area (Å²) >= 11 is 0.809. The van der Waals surface area contributed by atoms with Gasteiger partial charge in [0.2, 0.25) is 0 Å². The van der Waals surface area contributed by atoms with E-state index >= 15 is 0 Å². The minimum atomic E-state index is -0.562. The number of nitro groups is 1. The maximum absolute atomic E-state index is 10.8. The van der Waals surface area contributed by atoms with E-state index in [1.165, 1.54) is 13.0 Å². The van der Waals surface area contributed by atoms with Crippen LogP contribution in [0.15, 0.2) is 6.07 Å². The quantitative estimate of drug-likeness (QED) is 0.430. The molecule has 0 amide bonds. The van der Waals surface area contributed by atoms with Gasteiger partial charge < -0.3 is 5.73 Å². The third-order valence-electron chi connectivity index (χ3n) is 1.31. The van der Waals surface area contributed by atoms with Crippen LogP contribution in [0.3, 0.4) is 0 Å². The SMILES string of the molecule is CC(=O)c1cc([N+](=O)[O-])sc1N. The molecule has 5 nitrogen and oxygen atoms in total. The van der Waals surface area contributed by atoms with Gasteiger partial charge >= 0.3 is 5.00 Å². The van der Waals surface area contributed by atoms with Crippen molar-refractivity contribution in [2.45, 2.75) is 6.92 Å². The minimum absolute atomic E-state index is 0.0994. The Morgan fingerprint density at radius 2 is 2.33 bits per heavy atom. The van der Waals surface area contributed by atoms with Crippen LogP contribution in [0.2, 0.25) is 0 Å². The second-order valence-corrected chi connectivity index (χ2v) is 3.24. The molecule has 0 saturated heterocycles. The van der Waals surface area contributed by atoms with E-state index in [0.29, 0.717) is 0 Å². The molecule has 64 valence electrons. The van der Waals surface area contributed by atoms with Crippen LogP contribution in [0, 0.1) is 10.1 Å². The zero-order chi connectivity index (χ0) is 9.30. The molecule has 6 heteroatoms. The molecule has 0 aliphatic heterocycles. The Labute approximate surface area is 72.0 Å². The first-order chi connectivity index (χ1) is 5.52. The third kappa shape index (κ3) is 1.42. The molecule has 12 heavy (non-hydrogen) atoms. The van der Waals surface area contributed by atoms with Crippen molar-refractivity contribution in [1.82, 2.24) is 0 Å². The molecule has 0 spiro atoms. The average Bonchev–Trinajstić information content (AvgIpc) is 2.30. The third-order valence-corrected chi connectivity index (χ3v) is 2.22. The first kappa shape index (κ1) is 8.66. The molecule has 2 N–H and O–H groups in total. The topological polar surface area (TPSA) is 86.2 Å². The summed E-state index contributed by atoms with van der Waals surface area (Å²) in [4.78, 5) is 20.5. The van der Waals surface area contributed by atoms with Crippen LogP contribution >= 0.6 is 11.3 Å². The highest BCUT2D eigenvalue weighted by Gasteiger charge is 2.16. The van der Waals surface area contributed by atoms with Crippen LogP contribution in [-0.2, 0) is 0 Å². The van der Waals surface area contributed by atoms with Crippen LogP contribution < -0.4 is 5.73 Å². The number of hydrogen-bond acceptors (Lipinski definition) is 5. The fourth-order valence-corrected chi connectivity index (χ4v) is 1.55. The zero-order valence-corrected chi connectivity index (χ0v) is 7.05. The maximum atomic E-state index is 10.8. The number of Topliss-reactive ketones (excluding diaryl/α,β-unsaturated/α-hetero) is 1. The molecule has 0 saturated carbocycles. The van der Waals surface area contributed by atoms with Crippen LogP contribution in [0.4, 0.5) is 10.0 Å². The summed E-state index contributed by atoms with van der Waals surface area (Å²) in [5, 5.41) is 10.3. The van der Waals surface area contributed by atoms with Gasteiger partial charge in [-0.3, -0.25) is 14.9 Å². The van der Waals surface area contributed by atoms with Gasteiger partial charge in [0.15, 0.2) is 5.78 Å². The Balaban J connectivity index is 3.17. The van der Waals surface area contributed by atoms with Crippen molar-refractivity contribution in [3.8, 4) is 0 Å². The zero-order valence-electron chi connectivity index (χ0n) is 6.23. The smallest absolute Gasteiger partial charge is 0.326 e. The van der Waals surface area contributed by atoms with Gasteiger partial charge in [0, 0.05) is 6.07 Å². The number of carbonyl (C=O) groups excluding carboxylic acids is 1. The summed E-state index contributed by atoms with van der Waals surface area (Å²) in [7, 11) is 0. The van der Waals surface area contributed by atoms with Gasteiger partial charge in [0.25, 0.3) is 0 Å². The predicted molar refractivity (Wildman–Crippen MR) is 45.4 cm³/mol. The fraction of sp³-hybridized carbons (Fsp3) is 0.167. The highest BCUT2D eigenvalue weighted by molar-refractivity contribution is 7.19. The molecule has 0 fully saturated rings. The number of ketones is 1. The summed E-state index contributed by atoms with van der Waals surface area (Å²) < 4.78 is 0. The molecule has 0 aromatic carbocycles. The molecule has 0 atom stereocenters. The highest BCUT2D eigenvalue weighted by atomic mass is 32.1. The molecule has 1 heterocycles. The predicted octanol–water partition coefficient (Wildman–Crippen LogP) is 1.44. The number of hydrogen-bond donors (Lipinski definition) is 1. The molecule has 0 unspecified atom stereocenters. The van der Waals surface area contributed by atoms with Crippen molar-refractivity contribution in [3.63, 3.8) is 0 Å². The van der Waals surface area contributed by atoms with Crippen LogP contribution in [0.5, 0.6) is 0 Å². The second kappa shape index (κ2) is 2.90. The van der Waals surface area contributed by atoms with Gasteiger partial charge in [-0.05, 0) is 18.3 Å². The molecule has 0 aliphatic rings.